The smallest absolute Gasteiger partial charge is 0.270 e. The van der Waals surface area contributed by atoms with Crippen LogP contribution in [0.3, 0.4) is 0 Å². The molecule has 2 rings (SSSR count). The third kappa shape index (κ3) is 4.02. The van der Waals surface area contributed by atoms with E-state index >= 15 is 0 Å². The second-order valence-electron chi connectivity index (χ2n) is 5.37. The van der Waals surface area contributed by atoms with Gasteiger partial charge in [0, 0.05) is 24.9 Å². The zero-order chi connectivity index (χ0) is 17.9. The Hall–Kier alpha value is -2.61. The van der Waals surface area contributed by atoms with Crippen LogP contribution in [0.5, 0.6) is 5.75 Å². The lowest BCUT2D eigenvalue weighted by Gasteiger charge is -2.12. The maximum atomic E-state index is 11.9. The number of nitrogens with one attached hydrogen (secondary N) is 1. The topological polar surface area (TPSA) is 98.5 Å². The molecule has 1 N–H and O–H groups in total. The first kappa shape index (κ1) is 17.7. The Bertz CT molecular complexity index is 878. The van der Waals surface area contributed by atoms with Crippen LogP contribution in [0, 0.1) is 17.0 Å². The minimum Gasteiger partial charge on any atom is -0.496 e. The van der Waals surface area contributed by atoms with Crippen molar-refractivity contribution < 1.29 is 18.1 Å². The number of anilines is 1. The van der Waals surface area contributed by atoms with E-state index in [1.807, 2.05) is 25.1 Å². The fourth-order valence-corrected chi connectivity index (χ4v) is 3.12. The number of benzene rings is 2. The normalized spacial score (nSPS) is 11.1. The molecular formula is C16H18N2O5S. The van der Waals surface area contributed by atoms with E-state index < -0.39 is 14.8 Å². The quantitative estimate of drug-likeness (QED) is 0.635. The lowest BCUT2D eigenvalue weighted by atomic mass is 10.1. The van der Waals surface area contributed by atoms with Crippen molar-refractivity contribution in [2.45, 2.75) is 18.4 Å². The van der Waals surface area contributed by atoms with Gasteiger partial charge in [-0.25, -0.2) is 8.42 Å². The van der Waals surface area contributed by atoms with Crippen LogP contribution >= 0.6 is 0 Å². The van der Waals surface area contributed by atoms with Crippen LogP contribution in [0.25, 0.3) is 0 Å². The van der Waals surface area contributed by atoms with Gasteiger partial charge in [-0.2, -0.15) is 0 Å². The second kappa shape index (κ2) is 6.88. The van der Waals surface area contributed by atoms with Gasteiger partial charge in [-0.3, -0.25) is 10.1 Å². The molecule has 0 bridgehead atoms. The first-order valence-electron chi connectivity index (χ1n) is 7.08. The van der Waals surface area contributed by atoms with Crippen molar-refractivity contribution in [3.05, 3.63) is 57.6 Å². The van der Waals surface area contributed by atoms with Crippen molar-refractivity contribution in [2.24, 2.45) is 0 Å². The van der Waals surface area contributed by atoms with E-state index in [9.17, 15) is 18.5 Å². The molecule has 0 aliphatic heterocycles. The molecule has 8 heteroatoms. The molecule has 0 heterocycles. The highest BCUT2D eigenvalue weighted by molar-refractivity contribution is 7.90. The predicted octanol–water partition coefficient (Wildman–Crippen LogP) is 2.93. The summed E-state index contributed by atoms with van der Waals surface area (Å²) in [5.41, 5.74) is 1.95. The SMILES string of the molecule is COc1cc(CNc2ccc([N+](=O)[O-])cc2S(C)(=O)=O)ccc1C. The number of hydrogen-bond donors (Lipinski definition) is 1. The van der Waals surface area contributed by atoms with Crippen molar-refractivity contribution in [3.63, 3.8) is 0 Å². The van der Waals surface area contributed by atoms with Gasteiger partial charge >= 0.3 is 0 Å². The summed E-state index contributed by atoms with van der Waals surface area (Å²) in [6, 6.07) is 9.40. The number of non-ortho nitro benzene ring substituents is 1. The lowest BCUT2D eigenvalue weighted by Crippen LogP contribution is -2.07. The Labute approximate surface area is 140 Å². The van der Waals surface area contributed by atoms with Gasteiger partial charge in [0.1, 0.15) is 5.75 Å². The number of rotatable bonds is 6. The number of sulfone groups is 1. The first-order valence-corrected chi connectivity index (χ1v) is 8.97. The highest BCUT2D eigenvalue weighted by Crippen LogP contribution is 2.27. The molecule has 0 unspecified atom stereocenters. The molecule has 0 radical (unpaired) electrons. The lowest BCUT2D eigenvalue weighted by molar-refractivity contribution is -0.385. The highest BCUT2D eigenvalue weighted by Gasteiger charge is 2.18. The summed E-state index contributed by atoms with van der Waals surface area (Å²) in [5, 5.41) is 13.9. The average Bonchev–Trinajstić information content (AvgIpc) is 2.53. The van der Waals surface area contributed by atoms with Crippen LogP contribution in [-0.2, 0) is 16.4 Å². The van der Waals surface area contributed by atoms with Crippen molar-refractivity contribution in [1.82, 2.24) is 0 Å². The molecule has 2 aromatic rings. The van der Waals surface area contributed by atoms with E-state index in [2.05, 4.69) is 5.32 Å². The Morgan fingerprint density at radius 1 is 1.21 bits per heavy atom. The standard InChI is InChI=1S/C16H18N2O5S/c1-11-4-5-12(8-15(11)23-2)10-17-14-7-6-13(18(19)20)9-16(14)24(3,21)22/h4-9,17H,10H2,1-3H3. The van der Waals surface area contributed by atoms with E-state index in [-0.39, 0.29) is 10.6 Å². The molecule has 0 saturated carbocycles. The number of nitro groups is 1. The molecule has 0 saturated heterocycles. The molecule has 7 nitrogen and oxygen atoms in total. The van der Waals surface area contributed by atoms with Crippen molar-refractivity contribution in [2.75, 3.05) is 18.7 Å². The number of nitrogens with zero attached hydrogens (tertiary/aromatic N) is 1. The van der Waals surface area contributed by atoms with Crippen molar-refractivity contribution in [1.29, 1.82) is 0 Å². The van der Waals surface area contributed by atoms with Gasteiger partial charge in [0.25, 0.3) is 5.69 Å². The van der Waals surface area contributed by atoms with Crippen LogP contribution in [0.2, 0.25) is 0 Å². The molecule has 2 aromatic carbocycles. The summed E-state index contributed by atoms with van der Waals surface area (Å²) in [7, 11) is -2.02. The minimum absolute atomic E-state index is 0.101. The number of aryl methyl sites for hydroxylation is 1. The van der Waals surface area contributed by atoms with Crippen LogP contribution in [0.4, 0.5) is 11.4 Å². The van der Waals surface area contributed by atoms with E-state index in [4.69, 9.17) is 4.74 Å². The molecule has 0 aliphatic carbocycles. The van der Waals surface area contributed by atoms with Crippen LogP contribution in [-0.4, -0.2) is 26.7 Å². The third-order valence-corrected chi connectivity index (χ3v) is 4.67. The summed E-state index contributed by atoms with van der Waals surface area (Å²) in [4.78, 5) is 10.1. The average molecular weight is 350 g/mol. The molecule has 0 spiro atoms. The van der Waals surface area contributed by atoms with Gasteiger partial charge in [-0.15, -0.1) is 0 Å². The van der Waals surface area contributed by atoms with Gasteiger partial charge in [-0.05, 0) is 30.2 Å². The summed E-state index contributed by atoms with van der Waals surface area (Å²) < 4.78 is 29.1. The largest absolute Gasteiger partial charge is 0.496 e. The summed E-state index contributed by atoms with van der Waals surface area (Å²) in [6.07, 6.45) is 1.02. The van der Waals surface area contributed by atoms with Crippen molar-refractivity contribution >= 4 is 21.2 Å². The Morgan fingerprint density at radius 2 is 1.92 bits per heavy atom. The monoisotopic (exact) mass is 350 g/mol. The summed E-state index contributed by atoms with van der Waals surface area (Å²) >= 11 is 0. The molecule has 128 valence electrons. The van der Waals surface area contributed by atoms with Crippen LogP contribution in [0.1, 0.15) is 11.1 Å². The van der Waals surface area contributed by atoms with E-state index in [1.165, 1.54) is 12.1 Å². The maximum absolute atomic E-state index is 11.9. The van der Waals surface area contributed by atoms with E-state index in [1.54, 1.807) is 7.11 Å². The zero-order valence-corrected chi connectivity index (χ0v) is 14.4. The predicted molar refractivity (Wildman–Crippen MR) is 91.3 cm³/mol. The fourth-order valence-electron chi connectivity index (χ4n) is 2.25. The molecule has 0 aromatic heterocycles. The van der Waals surface area contributed by atoms with Gasteiger partial charge in [0.2, 0.25) is 0 Å². The second-order valence-corrected chi connectivity index (χ2v) is 7.35. The number of nitro benzene ring substituents is 1. The van der Waals surface area contributed by atoms with Crippen molar-refractivity contribution in [3.8, 4) is 5.75 Å². The summed E-state index contributed by atoms with van der Waals surface area (Å²) in [5.74, 6) is 0.737. The Kier molecular flexibility index (Phi) is 5.08. The van der Waals surface area contributed by atoms with E-state index in [0.29, 0.717) is 12.2 Å². The molecule has 24 heavy (non-hydrogen) atoms. The molecular weight excluding hydrogens is 332 g/mol. The van der Waals surface area contributed by atoms with Gasteiger partial charge < -0.3 is 10.1 Å². The number of methoxy groups -OCH3 is 1. The number of hydrogen-bond acceptors (Lipinski definition) is 6. The molecule has 0 atom stereocenters. The maximum Gasteiger partial charge on any atom is 0.270 e. The van der Waals surface area contributed by atoms with Gasteiger partial charge in [-0.1, -0.05) is 12.1 Å². The Balaban J connectivity index is 2.31. The van der Waals surface area contributed by atoms with Crippen LogP contribution < -0.4 is 10.1 Å². The fraction of sp³-hybridized carbons (Fsp3) is 0.250. The zero-order valence-electron chi connectivity index (χ0n) is 13.6. The first-order chi connectivity index (χ1) is 11.2. The molecule has 0 aliphatic rings. The van der Waals surface area contributed by atoms with E-state index in [0.717, 1.165) is 29.2 Å². The van der Waals surface area contributed by atoms with Gasteiger partial charge in [0.15, 0.2) is 9.84 Å². The molecule has 0 fully saturated rings. The third-order valence-electron chi connectivity index (χ3n) is 3.53. The minimum atomic E-state index is -3.61. The highest BCUT2D eigenvalue weighted by atomic mass is 32.2. The Morgan fingerprint density at radius 3 is 2.50 bits per heavy atom. The number of ether oxygens (including phenoxy) is 1. The molecule has 0 amide bonds. The van der Waals surface area contributed by atoms with Gasteiger partial charge in [0.05, 0.1) is 22.6 Å². The van der Waals surface area contributed by atoms with Crippen LogP contribution in [0.15, 0.2) is 41.3 Å². The summed E-state index contributed by atoms with van der Waals surface area (Å²) in [6.45, 7) is 2.28.